The minimum Gasteiger partial charge on any atom is -0.473 e. The molecule has 0 saturated heterocycles. The predicted molar refractivity (Wildman–Crippen MR) is 111 cm³/mol. The molecule has 0 unspecified atom stereocenters. The fraction of sp³-hybridized carbons (Fsp3) is 0.550. The van der Waals surface area contributed by atoms with Crippen molar-refractivity contribution in [3.05, 3.63) is 23.8 Å². The van der Waals surface area contributed by atoms with E-state index in [0.29, 0.717) is 42.2 Å². The Hall–Kier alpha value is -3.18. The Morgan fingerprint density at radius 3 is 2.53 bits per heavy atom. The number of alkyl halides is 3. The SMILES string of the molecule is Cc1nc(NC2CC(Oc3cnc(C(F)(F)F)cn3)C2)nc2c1NC(=O)[C@H](C(C)C)N2C. The zero-order valence-corrected chi connectivity index (χ0v) is 18.1. The number of likely N-dealkylation sites (N-methyl/N-ethyl adjacent to an activating group) is 1. The van der Waals surface area contributed by atoms with Crippen LogP contribution in [0.3, 0.4) is 0 Å². The fourth-order valence-electron chi connectivity index (χ4n) is 3.94. The number of hydrogen-bond donors (Lipinski definition) is 2. The Kier molecular flexibility index (Phi) is 5.55. The normalized spacial score (nSPS) is 22.8. The van der Waals surface area contributed by atoms with Crippen LogP contribution in [0.2, 0.25) is 0 Å². The van der Waals surface area contributed by atoms with E-state index in [4.69, 9.17) is 4.74 Å². The molecule has 0 bridgehead atoms. The molecule has 12 heteroatoms. The monoisotopic (exact) mass is 451 g/mol. The molecular formula is C20H24F3N7O2. The average Bonchev–Trinajstić information content (AvgIpc) is 2.67. The van der Waals surface area contributed by atoms with Gasteiger partial charge in [-0.2, -0.15) is 18.2 Å². The van der Waals surface area contributed by atoms with Crippen LogP contribution in [0.5, 0.6) is 5.88 Å². The van der Waals surface area contributed by atoms with Crippen molar-refractivity contribution in [2.45, 2.75) is 58.0 Å². The van der Waals surface area contributed by atoms with E-state index >= 15 is 0 Å². The van der Waals surface area contributed by atoms with E-state index in [-0.39, 0.29) is 35.9 Å². The van der Waals surface area contributed by atoms with Crippen LogP contribution < -0.4 is 20.3 Å². The van der Waals surface area contributed by atoms with Crippen LogP contribution in [0.4, 0.5) is 30.6 Å². The number of carbonyl (C=O) groups excluding carboxylic acids is 1. The second kappa shape index (κ2) is 8.06. The number of rotatable bonds is 5. The van der Waals surface area contributed by atoms with Gasteiger partial charge in [0.1, 0.15) is 17.8 Å². The summed E-state index contributed by atoms with van der Waals surface area (Å²) < 4.78 is 43.3. The topological polar surface area (TPSA) is 105 Å². The molecule has 9 nitrogen and oxygen atoms in total. The first-order chi connectivity index (χ1) is 15.0. The summed E-state index contributed by atoms with van der Waals surface area (Å²) in [7, 11) is 1.84. The molecule has 2 aliphatic rings. The number of anilines is 3. The summed E-state index contributed by atoms with van der Waals surface area (Å²) in [5.41, 5.74) is 0.210. The largest absolute Gasteiger partial charge is 0.473 e. The van der Waals surface area contributed by atoms with E-state index in [9.17, 15) is 18.0 Å². The highest BCUT2D eigenvalue weighted by Crippen LogP contribution is 2.35. The summed E-state index contributed by atoms with van der Waals surface area (Å²) in [5, 5.41) is 6.17. The maximum absolute atomic E-state index is 12.6. The molecule has 2 N–H and O–H groups in total. The number of fused-ring (bicyclic) bond motifs is 1. The lowest BCUT2D eigenvalue weighted by molar-refractivity contribution is -0.141. The molecule has 1 fully saturated rings. The Labute approximate surface area is 182 Å². The molecule has 0 aromatic carbocycles. The third kappa shape index (κ3) is 4.26. The Balaban J connectivity index is 1.37. The fourth-order valence-corrected chi connectivity index (χ4v) is 3.94. The maximum atomic E-state index is 12.6. The molecule has 1 saturated carbocycles. The average molecular weight is 451 g/mol. The first-order valence-corrected chi connectivity index (χ1v) is 10.3. The third-order valence-electron chi connectivity index (χ3n) is 5.60. The van der Waals surface area contributed by atoms with Gasteiger partial charge in [-0.25, -0.2) is 15.0 Å². The first kappa shape index (κ1) is 22.0. The summed E-state index contributed by atoms with van der Waals surface area (Å²) in [6.07, 6.45) is -1.85. The first-order valence-electron chi connectivity index (χ1n) is 10.3. The Bertz CT molecular complexity index is 1010. The summed E-state index contributed by atoms with van der Waals surface area (Å²) in [4.78, 5) is 30.4. The highest BCUT2D eigenvalue weighted by molar-refractivity contribution is 6.03. The molecule has 3 heterocycles. The van der Waals surface area contributed by atoms with Gasteiger partial charge in [0.15, 0.2) is 11.5 Å². The number of aromatic nitrogens is 4. The summed E-state index contributed by atoms with van der Waals surface area (Å²) in [6, 6.07) is -0.278. The van der Waals surface area contributed by atoms with Crippen LogP contribution in [0.25, 0.3) is 0 Å². The lowest BCUT2D eigenvalue weighted by Crippen LogP contribution is -2.50. The minimum absolute atomic E-state index is 0.0456. The van der Waals surface area contributed by atoms with Crippen molar-refractivity contribution in [2.24, 2.45) is 5.92 Å². The maximum Gasteiger partial charge on any atom is 0.434 e. The van der Waals surface area contributed by atoms with Crippen LogP contribution >= 0.6 is 0 Å². The number of nitrogens with zero attached hydrogens (tertiary/aromatic N) is 5. The molecule has 4 rings (SSSR count). The zero-order chi connectivity index (χ0) is 23.2. The van der Waals surface area contributed by atoms with E-state index in [1.165, 1.54) is 0 Å². The number of amides is 1. The van der Waals surface area contributed by atoms with E-state index in [0.717, 1.165) is 6.20 Å². The number of halogens is 3. The number of ether oxygens (including phenoxy) is 1. The van der Waals surface area contributed by atoms with E-state index in [2.05, 4.69) is 30.6 Å². The summed E-state index contributed by atoms with van der Waals surface area (Å²) >= 11 is 0. The van der Waals surface area contributed by atoms with Gasteiger partial charge in [-0.15, -0.1) is 0 Å². The lowest BCUT2D eigenvalue weighted by Gasteiger charge is -2.38. The number of hydrogen-bond acceptors (Lipinski definition) is 8. The van der Waals surface area contributed by atoms with E-state index in [1.54, 1.807) is 0 Å². The smallest absolute Gasteiger partial charge is 0.434 e. The summed E-state index contributed by atoms with van der Waals surface area (Å²) in [5.74, 6) is 1.19. The summed E-state index contributed by atoms with van der Waals surface area (Å²) in [6.45, 7) is 5.77. The second-order valence-electron chi connectivity index (χ2n) is 8.41. The highest BCUT2D eigenvalue weighted by atomic mass is 19.4. The second-order valence-corrected chi connectivity index (χ2v) is 8.41. The quantitative estimate of drug-likeness (QED) is 0.715. The molecule has 172 valence electrons. The van der Waals surface area contributed by atoms with Gasteiger partial charge in [-0.05, 0) is 12.8 Å². The van der Waals surface area contributed by atoms with Crippen molar-refractivity contribution in [1.29, 1.82) is 0 Å². The number of carbonyl (C=O) groups is 1. The number of nitrogens with one attached hydrogen (secondary N) is 2. The zero-order valence-electron chi connectivity index (χ0n) is 18.1. The van der Waals surface area contributed by atoms with Crippen LogP contribution in [0.1, 0.15) is 38.1 Å². The number of aryl methyl sites for hydroxylation is 1. The van der Waals surface area contributed by atoms with Gasteiger partial charge in [-0.3, -0.25) is 4.79 Å². The molecule has 32 heavy (non-hydrogen) atoms. The lowest BCUT2D eigenvalue weighted by atomic mass is 9.89. The van der Waals surface area contributed by atoms with Crippen molar-refractivity contribution in [2.75, 3.05) is 22.6 Å². The molecule has 1 aliphatic heterocycles. The molecule has 0 radical (unpaired) electrons. The van der Waals surface area contributed by atoms with Crippen molar-refractivity contribution in [3.8, 4) is 5.88 Å². The van der Waals surface area contributed by atoms with Gasteiger partial charge in [0.2, 0.25) is 17.7 Å². The minimum atomic E-state index is -4.53. The van der Waals surface area contributed by atoms with E-state index in [1.807, 2.05) is 32.7 Å². The molecular weight excluding hydrogens is 427 g/mol. The van der Waals surface area contributed by atoms with Crippen molar-refractivity contribution in [3.63, 3.8) is 0 Å². The molecule has 1 amide bonds. The van der Waals surface area contributed by atoms with Gasteiger partial charge in [-0.1, -0.05) is 13.8 Å². The van der Waals surface area contributed by atoms with Crippen molar-refractivity contribution >= 4 is 23.4 Å². The molecule has 2 aromatic heterocycles. The standard InChI is InChI=1S/C20H24F3N7O2/c1-9(2)16-18(31)28-15-10(3)26-19(29-17(15)30(16)4)27-11-5-12(6-11)32-14-8-24-13(7-25-14)20(21,22)23/h7-9,11-12,16H,5-6H2,1-4H3,(H,28,31)(H,26,27,29)/t11?,12?,16-/m0/s1. The Morgan fingerprint density at radius 1 is 1.22 bits per heavy atom. The van der Waals surface area contributed by atoms with Gasteiger partial charge in [0.05, 0.1) is 18.1 Å². The molecule has 1 atom stereocenters. The van der Waals surface area contributed by atoms with E-state index < -0.39 is 11.9 Å². The third-order valence-corrected chi connectivity index (χ3v) is 5.60. The van der Waals surface area contributed by atoms with Crippen LogP contribution in [-0.2, 0) is 11.0 Å². The van der Waals surface area contributed by atoms with Crippen LogP contribution in [0.15, 0.2) is 12.4 Å². The van der Waals surface area contributed by atoms with Crippen LogP contribution in [0, 0.1) is 12.8 Å². The van der Waals surface area contributed by atoms with Gasteiger partial charge in [0, 0.05) is 25.9 Å². The van der Waals surface area contributed by atoms with Crippen molar-refractivity contribution in [1.82, 2.24) is 19.9 Å². The molecule has 1 aliphatic carbocycles. The van der Waals surface area contributed by atoms with Gasteiger partial charge < -0.3 is 20.3 Å². The molecule has 2 aromatic rings. The van der Waals surface area contributed by atoms with Gasteiger partial charge >= 0.3 is 6.18 Å². The predicted octanol–water partition coefficient (Wildman–Crippen LogP) is 3.03. The van der Waals surface area contributed by atoms with Crippen molar-refractivity contribution < 1.29 is 22.7 Å². The Morgan fingerprint density at radius 2 is 1.94 bits per heavy atom. The van der Waals surface area contributed by atoms with Crippen LogP contribution in [-0.4, -0.2) is 51.1 Å². The molecule has 0 spiro atoms. The van der Waals surface area contributed by atoms with Gasteiger partial charge in [0.25, 0.3) is 0 Å². The highest BCUT2D eigenvalue weighted by Gasteiger charge is 2.37.